The molecule has 2 fully saturated rings. The van der Waals surface area contributed by atoms with E-state index in [9.17, 15) is 61.0 Å². The molecule has 0 spiro atoms. The third-order valence-electron chi connectivity index (χ3n) is 7.70. The van der Waals surface area contributed by atoms with Gasteiger partial charge in [-0.3, -0.25) is 4.79 Å². The first-order valence-corrected chi connectivity index (χ1v) is 12.9. The Kier molecular flexibility index (Phi) is 8.16. The van der Waals surface area contributed by atoms with Gasteiger partial charge in [-0.2, -0.15) is 0 Å². The van der Waals surface area contributed by atoms with Crippen molar-refractivity contribution in [1.29, 1.82) is 0 Å². The smallest absolute Gasteiger partial charge is 0.197 e. The van der Waals surface area contributed by atoms with Gasteiger partial charge in [-0.1, -0.05) is 0 Å². The molecule has 228 valence electrons. The molecule has 0 radical (unpaired) electrons. The molecule has 10 atom stereocenters. The molecule has 0 saturated carbocycles. The number of rotatable bonds is 5. The highest BCUT2D eigenvalue weighted by Crippen LogP contribution is 2.51. The van der Waals surface area contributed by atoms with Gasteiger partial charge in [0, 0.05) is 11.6 Å². The molecule has 1 aromatic heterocycles. The van der Waals surface area contributed by atoms with Gasteiger partial charge in [0.25, 0.3) is 0 Å². The first-order valence-electron chi connectivity index (χ1n) is 12.9. The molecule has 0 amide bonds. The third kappa shape index (κ3) is 4.79. The van der Waals surface area contributed by atoms with Crippen LogP contribution in [0.5, 0.6) is 17.2 Å². The number of hydrogen-bond acceptors (Lipinski definition) is 15. The second-order valence-electron chi connectivity index (χ2n) is 10.2. The van der Waals surface area contributed by atoms with Crippen LogP contribution in [0.1, 0.15) is 23.3 Å². The Labute approximate surface area is 235 Å². The van der Waals surface area contributed by atoms with Crippen molar-refractivity contribution in [3.05, 3.63) is 51.7 Å². The molecule has 15 heteroatoms. The van der Waals surface area contributed by atoms with E-state index in [0.717, 1.165) is 6.07 Å². The van der Waals surface area contributed by atoms with E-state index < -0.39 is 113 Å². The summed E-state index contributed by atoms with van der Waals surface area (Å²) in [6, 6.07) is 6.37. The van der Waals surface area contributed by atoms with Crippen LogP contribution in [0.2, 0.25) is 0 Å². The number of phenols is 3. The quantitative estimate of drug-likeness (QED) is 0.147. The number of aromatic hydroxyl groups is 3. The summed E-state index contributed by atoms with van der Waals surface area (Å²) in [6.07, 6.45) is -18.2. The first-order chi connectivity index (χ1) is 19.9. The number of phenolic OH excluding ortho intramolecular Hbond substituents is 3. The summed E-state index contributed by atoms with van der Waals surface area (Å²) in [5.41, 5.74) is -2.48. The maximum absolute atomic E-state index is 13.5. The maximum atomic E-state index is 13.5. The standard InChI is InChI=1S/C27H30O15/c28-6-12-17(32)21(36)23(38)26(41-12)15-19(34)14-10(31)5-11(8-1-3-9(30)4-2-8)40-25(14)16(20(15)35)27-24(39)22(37)18(33)13(7-29)42-27/h1-5,12-13,17-18,21-24,26-30,32-39H,6-7H2/t12-,13-,17+,18+,21+,22+,23-,24-,26+,27+/m1/s1. The van der Waals surface area contributed by atoms with Crippen molar-refractivity contribution in [2.45, 2.75) is 61.0 Å². The Morgan fingerprint density at radius 3 is 1.64 bits per heavy atom. The fourth-order valence-electron chi connectivity index (χ4n) is 5.39. The molecule has 0 bridgehead atoms. The van der Waals surface area contributed by atoms with E-state index in [4.69, 9.17) is 13.9 Å². The summed E-state index contributed by atoms with van der Waals surface area (Å²) in [5.74, 6) is -2.20. The van der Waals surface area contributed by atoms with Gasteiger partial charge in [0.2, 0.25) is 0 Å². The molecule has 3 heterocycles. The first kappa shape index (κ1) is 30.1. The highest BCUT2D eigenvalue weighted by molar-refractivity contribution is 5.92. The van der Waals surface area contributed by atoms with Crippen molar-refractivity contribution in [3.63, 3.8) is 0 Å². The molecule has 2 aromatic carbocycles. The van der Waals surface area contributed by atoms with Crippen LogP contribution in [0, 0.1) is 0 Å². The Bertz CT molecular complexity index is 1500. The highest BCUT2D eigenvalue weighted by Gasteiger charge is 2.50. The largest absolute Gasteiger partial charge is 0.508 e. The normalized spacial score (nSPS) is 33.6. The van der Waals surface area contributed by atoms with E-state index in [0.29, 0.717) is 0 Å². The van der Waals surface area contributed by atoms with Crippen LogP contribution >= 0.6 is 0 Å². The highest BCUT2D eigenvalue weighted by atomic mass is 16.6. The van der Waals surface area contributed by atoms with Crippen LogP contribution in [0.4, 0.5) is 0 Å². The Balaban J connectivity index is 1.82. The van der Waals surface area contributed by atoms with Gasteiger partial charge in [0.05, 0.1) is 24.3 Å². The topological polar surface area (TPSA) is 271 Å². The monoisotopic (exact) mass is 594 g/mol. The minimum atomic E-state index is -2.02. The Morgan fingerprint density at radius 2 is 1.14 bits per heavy atom. The molecule has 15 nitrogen and oxygen atoms in total. The molecule has 11 N–H and O–H groups in total. The minimum absolute atomic E-state index is 0.0941. The zero-order valence-corrected chi connectivity index (χ0v) is 21.6. The number of benzene rings is 2. The van der Waals surface area contributed by atoms with Crippen LogP contribution in [0.25, 0.3) is 22.3 Å². The maximum Gasteiger partial charge on any atom is 0.197 e. The third-order valence-corrected chi connectivity index (χ3v) is 7.70. The summed E-state index contributed by atoms with van der Waals surface area (Å²) in [4.78, 5) is 13.5. The molecule has 0 unspecified atom stereocenters. The van der Waals surface area contributed by atoms with Crippen molar-refractivity contribution in [3.8, 4) is 28.6 Å². The van der Waals surface area contributed by atoms with Gasteiger partial charge in [0.1, 0.15) is 89.4 Å². The molecule has 42 heavy (non-hydrogen) atoms. The van der Waals surface area contributed by atoms with Crippen molar-refractivity contribution < 1.29 is 70.1 Å². The average molecular weight is 595 g/mol. The lowest BCUT2D eigenvalue weighted by molar-refractivity contribution is -0.234. The van der Waals surface area contributed by atoms with Gasteiger partial charge in [0.15, 0.2) is 11.0 Å². The number of aliphatic hydroxyl groups excluding tert-OH is 8. The molecule has 2 aliphatic rings. The molecule has 5 rings (SSSR count). The lowest BCUT2D eigenvalue weighted by atomic mass is 9.85. The van der Waals surface area contributed by atoms with Gasteiger partial charge in [-0.25, -0.2) is 0 Å². The molecular formula is C27H30O15. The Morgan fingerprint density at radius 1 is 0.643 bits per heavy atom. The number of hydrogen-bond donors (Lipinski definition) is 11. The molecular weight excluding hydrogens is 564 g/mol. The van der Waals surface area contributed by atoms with E-state index >= 15 is 0 Å². The van der Waals surface area contributed by atoms with E-state index in [1.165, 1.54) is 24.3 Å². The SMILES string of the molecule is O=c1cc(-c2ccc(O)cc2)oc2c([C@@H]3O[C@H](CO)[C@H](O)[C@H](O)[C@H]3O)c(O)c([C@@H]3O[C@H](CO)[C@H](O)[C@H](O)[C@H]3O)c(O)c12. The van der Waals surface area contributed by atoms with Crippen LogP contribution in [0.3, 0.4) is 0 Å². The second kappa shape index (κ2) is 11.4. The molecule has 0 aliphatic carbocycles. The fraction of sp³-hybridized carbons (Fsp3) is 0.444. The lowest BCUT2D eigenvalue weighted by Crippen LogP contribution is -2.55. The average Bonchev–Trinajstić information content (AvgIpc) is 2.97. The second-order valence-corrected chi connectivity index (χ2v) is 10.2. The van der Waals surface area contributed by atoms with E-state index in [2.05, 4.69) is 0 Å². The zero-order valence-electron chi connectivity index (χ0n) is 21.6. The van der Waals surface area contributed by atoms with Crippen LogP contribution in [-0.4, -0.2) is 118 Å². The minimum Gasteiger partial charge on any atom is -0.508 e. The fourth-order valence-corrected chi connectivity index (χ4v) is 5.39. The zero-order chi connectivity index (χ0) is 30.6. The van der Waals surface area contributed by atoms with Crippen molar-refractivity contribution in [2.75, 3.05) is 13.2 Å². The summed E-state index contributed by atoms with van der Waals surface area (Å²) in [6.45, 7) is -1.70. The van der Waals surface area contributed by atoms with Gasteiger partial charge >= 0.3 is 0 Å². The van der Waals surface area contributed by atoms with Crippen molar-refractivity contribution in [2.24, 2.45) is 0 Å². The van der Waals surface area contributed by atoms with Gasteiger partial charge in [-0.05, 0) is 24.3 Å². The number of fused-ring (bicyclic) bond motifs is 1. The summed E-state index contributed by atoms with van der Waals surface area (Å²) >= 11 is 0. The van der Waals surface area contributed by atoms with E-state index in [1.807, 2.05) is 0 Å². The van der Waals surface area contributed by atoms with Gasteiger partial charge < -0.3 is 70.1 Å². The predicted molar refractivity (Wildman–Crippen MR) is 138 cm³/mol. The lowest BCUT2D eigenvalue weighted by Gasteiger charge is -2.42. The van der Waals surface area contributed by atoms with Crippen molar-refractivity contribution >= 4 is 11.0 Å². The summed E-state index contributed by atoms with van der Waals surface area (Å²) < 4.78 is 17.0. The molecule has 3 aromatic rings. The van der Waals surface area contributed by atoms with Crippen molar-refractivity contribution in [1.82, 2.24) is 0 Å². The van der Waals surface area contributed by atoms with Crippen LogP contribution in [0.15, 0.2) is 39.5 Å². The summed E-state index contributed by atoms with van der Waals surface area (Å²) in [7, 11) is 0. The molecule has 2 saturated heterocycles. The van der Waals surface area contributed by atoms with E-state index in [-0.39, 0.29) is 17.1 Å². The number of ether oxygens (including phenoxy) is 2. The molecule has 2 aliphatic heterocycles. The van der Waals surface area contributed by atoms with E-state index in [1.54, 1.807) is 0 Å². The van der Waals surface area contributed by atoms with Crippen LogP contribution < -0.4 is 5.43 Å². The van der Waals surface area contributed by atoms with Crippen LogP contribution in [-0.2, 0) is 9.47 Å². The Hall–Kier alpha value is -3.35. The number of aliphatic hydroxyl groups is 8. The van der Waals surface area contributed by atoms with Gasteiger partial charge in [-0.15, -0.1) is 0 Å². The predicted octanol–water partition coefficient (Wildman–Crippen LogP) is -2.39. The summed E-state index contributed by atoms with van der Waals surface area (Å²) in [5, 5.41) is 114.